The fraction of sp³-hybridized carbons (Fsp3) is 0.600. The van der Waals surface area contributed by atoms with Crippen molar-refractivity contribution < 1.29 is 19.5 Å². The lowest BCUT2D eigenvalue weighted by Gasteiger charge is -2.23. The maximum Gasteiger partial charge on any atom is 0.326 e. The third kappa shape index (κ3) is 9.77. The number of rotatable bonds is 15. The number of nitrogens with two attached hydrogens (primary N) is 3. The summed E-state index contributed by atoms with van der Waals surface area (Å²) < 4.78 is 0. The van der Waals surface area contributed by atoms with Crippen molar-refractivity contribution in [3.63, 3.8) is 0 Å². The van der Waals surface area contributed by atoms with Crippen molar-refractivity contribution >= 4 is 17.8 Å². The topological polar surface area (TPSA) is 186 Å². The van der Waals surface area contributed by atoms with E-state index in [0.717, 1.165) is 5.56 Å². The number of hydrogen-bond acceptors (Lipinski definition) is 7. The molecule has 1 heterocycles. The average Bonchev–Trinajstić information content (AvgIpc) is 2.72. The summed E-state index contributed by atoms with van der Waals surface area (Å²) in [5.41, 5.74) is 17.7. The number of amides is 2. The second-order valence-electron chi connectivity index (χ2n) is 7.20. The minimum absolute atomic E-state index is 0.266. The molecule has 1 aromatic heterocycles. The van der Waals surface area contributed by atoms with Gasteiger partial charge in [0.1, 0.15) is 12.1 Å². The van der Waals surface area contributed by atoms with E-state index in [2.05, 4.69) is 15.6 Å². The Kier molecular flexibility index (Phi) is 12.3. The first-order chi connectivity index (χ1) is 14.4. The molecule has 9 N–H and O–H groups in total. The summed E-state index contributed by atoms with van der Waals surface area (Å²) in [6.07, 6.45) is 6.65. The molecule has 0 radical (unpaired) electrons. The zero-order valence-corrected chi connectivity index (χ0v) is 17.3. The summed E-state index contributed by atoms with van der Waals surface area (Å²) in [6, 6.07) is 0.769. The SMILES string of the molecule is NCCCC[C@H](NC(=O)[C@H](CCCCN)NC(=O)[C@@H](N)Cc1cccnc1)C(=O)O. The third-order valence-corrected chi connectivity index (χ3v) is 4.66. The number of aliphatic carboxylic acids is 1. The van der Waals surface area contributed by atoms with Crippen molar-refractivity contribution in [3.8, 4) is 0 Å². The van der Waals surface area contributed by atoms with Crippen molar-refractivity contribution in [2.24, 2.45) is 17.2 Å². The summed E-state index contributed by atoms with van der Waals surface area (Å²) in [7, 11) is 0. The predicted molar refractivity (Wildman–Crippen MR) is 113 cm³/mol. The number of carboxylic acid groups (broad SMARTS) is 1. The van der Waals surface area contributed by atoms with Crippen LogP contribution in [0, 0.1) is 0 Å². The van der Waals surface area contributed by atoms with Crippen LogP contribution in [0.2, 0.25) is 0 Å². The third-order valence-electron chi connectivity index (χ3n) is 4.66. The second kappa shape index (κ2) is 14.4. The number of pyridine rings is 1. The number of carbonyl (C=O) groups excluding carboxylic acids is 2. The van der Waals surface area contributed by atoms with Crippen LogP contribution in [0.15, 0.2) is 24.5 Å². The number of nitrogens with one attached hydrogen (secondary N) is 2. The van der Waals surface area contributed by atoms with Gasteiger partial charge >= 0.3 is 5.97 Å². The highest BCUT2D eigenvalue weighted by Gasteiger charge is 2.27. The Bertz CT molecular complexity index is 658. The Hall–Kier alpha value is -2.56. The summed E-state index contributed by atoms with van der Waals surface area (Å²) in [6.45, 7) is 0.909. The lowest BCUT2D eigenvalue weighted by molar-refractivity contribution is -0.142. The first-order valence-corrected chi connectivity index (χ1v) is 10.3. The molecule has 10 heteroatoms. The zero-order valence-electron chi connectivity index (χ0n) is 17.3. The van der Waals surface area contributed by atoms with E-state index in [1.165, 1.54) is 0 Å². The molecule has 3 atom stereocenters. The van der Waals surface area contributed by atoms with E-state index in [9.17, 15) is 19.5 Å². The van der Waals surface area contributed by atoms with Crippen LogP contribution in [0.3, 0.4) is 0 Å². The molecule has 30 heavy (non-hydrogen) atoms. The van der Waals surface area contributed by atoms with Gasteiger partial charge in [-0.1, -0.05) is 6.07 Å². The standard InChI is InChI=1S/C20H34N6O4/c21-9-3-1-7-16(19(28)26-17(20(29)30)8-2-4-10-22)25-18(27)15(23)12-14-6-5-11-24-13-14/h5-6,11,13,15-17H,1-4,7-10,12,21-23H2,(H,25,27)(H,26,28)(H,29,30)/t15-,16-,17-/m0/s1. The van der Waals surface area contributed by atoms with Crippen LogP contribution in [0.5, 0.6) is 0 Å². The first-order valence-electron chi connectivity index (χ1n) is 10.3. The van der Waals surface area contributed by atoms with Crippen molar-refractivity contribution in [2.45, 2.75) is 63.1 Å². The Morgan fingerprint density at radius 3 is 2.10 bits per heavy atom. The summed E-state index contributed by atoms with van der Waals surface area (Å²) in [4.78, 5) is 40.7. The molecule has 168 valence electrons. The van der Waals surface area contributed by atoms with Crippen molar-refractivity contribution in [3.05, 3.63) is 30.1 Å². The van der Waals surface area contributed by atoms with Crippen LogP contribution < -0.4 is 27.8 Å². The van der Waals surface area contributed by atoms with Crippen LogP contribution in [0.25, 0.3) is 0 Å². The molecule has 0 unspecified atom stereocenters. The van der Waals surface area contributed by atoms with Crippen LogP contribution >= 0.6 is 0 Å². The highest BCUT2D eigenvalue weighted by Crippen LogP contribution is 2.06. The van der Waals surface area contributed by atoms with Gasteiger partial charge in [0.15, 0.2) is 0 Å². The lowest BCUT2D eigenvalue weighted by Crippen LogP contribution is -2.54. The molecule has 1 rings (SSSR count). The lowest BCUT2D eigenvalue weighted by atomic mass is 10.0. The van der Waals surface area contributed by atoms with Gasteiger partial charge < -0.3 is 32.9 Å². The molecule has 0 aliphatic carbocycles. The molecule has 0 aliphatic heterocycles. The van der Waals surface area contributed by atoms with Gasteiger partial charge in [-0.15, -0.1) is 0 Å². The molecule has 1 aromatic rings. The maximum absolute atomic E-state index is 12.7. The number of unbranched alkanes of at least 4 members (excludes halogenated alkanes) is 2. The fourth-order valence-corrected chi connectivity index (χ4v) is 2.93. The van der Waals surface area contributed by atoms with E-state index in [-0.39, 0.29) is 12.8 Å². The molecule has 0 spiro atoms. The number of aromatic nitrogens is 1. The molecule has 0 bridgehead atoms. The molecule has 0 fully saturated rings. The van der Waals surface area contributed by atoms with Gasteiger partial charge in [0.2, 0.25) is 11.8 Å². The van der Waals surface area contributed by atoms with Crippen LogP contribution in [0.4, 0.5) is 0 Å². The molecule has 0 aliphatic rings. The Morgan fingerprint density at radius 1 is 0.967 bits per heavy atom. The number of carbonyl (C=O) groups is 3. The Labute approximate surface area is 177 Å². The van der Waals surface area contributed by atoms with Gasteiger partial charge in [0, 0.05) is 12.4 Å². The van der Waals surface area contributed by atoms with Gasteiger partial charge in [-0.3, -0.25) is 14.6 Å². The Morgan fingerprint density at radius 2 is 1.57 bits per heavy atom. The van der Waals surface area contributed by atoms with E-state index in [1.807, 2.05) is 6.07 Å². The minimum Gasteiger partial charge on any atom is -0.480 e. The molecule has 0 saturated heterocycles. The van der Waals surface area contributed by atoms with E-state index >= 15 is 0 Å². The fourth-order valence-electron chi connectivity index (χ4n) is 2.93. The molecular weight excluding hydrogens is 388 g/mol. The maximum atomic E-state index is 12.7. The van der Waals surface area contributed by atoms with Gasteiger partial charge in [0.05, 0.1) is 6.04 Å². The van der Waals surface area contributed by atoms with Crippen molar-refractivity contribution in [1.29, 1.82) is 0 Å². The highest BCUT2D eigenvalue weighted by molar-refractivity contribution is 5.91. The summed E-state index contributed by atoms with van der Waals surface area (Å²) in [5.74, 6) is -2.16. The molecule has 10 nitrogen and oxygen atoms in total. The normalized spacial score (nSPS) is 13.8. The van der Waals surface area contributed by atoms with E-state index < -0.39 is 35.9 Å². The van der Waals surface area contributed by atoms with E-state index in [4.69, 9.17) is 17.2 Å². The first kappa shape index (κ1) is 25.5. The van der Waals surface area contributed by atoms with Crippen molar-refractivity contribution in [1.82, 2.24) is 15.6 Å². The van der Waals surface area contributed by atoms with Crippen LogP contribution in [0.1, 0.15) is 44.1 Å². The van der Waals surface area contributed by atoms with Gasteiger partial charge in [-0.25, -0.2) is 4.79 Å². The smallest absolute Gasteiger partial charge is 0.326 e. The summed E-state index contributed by atoms with van der Waals surface area (Å²) >= 11 is 0. The number of carboxylic acids is 1. The van der Waals surface area contributed by atoms with Gasteiger partial charge in [-0.2, -0.15) is 0 Å². The van der Waals surface area contributed by atoms with E-state index in [1.54, 1.807) is 18.5 Å². The zero-order chi connectivity index (χ0) is 22.4. The highest BCUT2D eigenvalue weighted by atomic mass is 16.4. The molecule has 2 amide bonds. The number of hydrogen-bond donors (Lipinski definition) is 6. The minimum atomic E-state index is -1.12. The van der Waals surface area contributed by atoms with Crippen molar-refractivity contribution in [2.75, 3.05) is 13.1 Å². The van der Waals surface area contributed by atoms with Gasteiger partial charge in [0.25, 0.3) is 0 Å². The number of nitrogens with zero attached hydrogens (tertiary/aromatic N) is 1. The van der Waals surface area contributed by atoms with Crippen LogP contribution in [-0.2, 0) is 20.8 Å². The second-order valence-corrected chi connectivity index (χ2v) is 7.20. The molecule has 0 aromatic carbocycles. The van der Waals surface area contributed by atoms with Crippen LogP contribution in [-0.4, -0.2) is 59.1 Å². The van der Waals surface area contributed by atoms with E-state index in [0.29, 0.717) is 45.2 Å². The van der Waals surface area contributed by atoms with Gasteiger partial charge in [-0.05, 0) is 69.7 Å². The Balaban J connectivity index is 2.74. The predicted octanol–water partition coefficient (Wildman–Crippen LogP) is -0.736. The summed E-state index contributed by atoms with van der Waals surface area (Å²) in [5, 5.41) is 14.6. The largest absolute Gasteiger partial charge is 0.480 e. The molecule has 0 saturated carbocycles. The molecular formula is C20H34N6O4. The average molecular weight is 423 g/mol. The monoisotopic (exact) mass is 422 g/mol. The quantitative estimate of drug-likeness (QED) is 0.199.